The van der Waals surface area contributed by atoms with Crippen molar-refractivity contribution >= 4 is 5.91 Å². The minimum atomic E-state index is -4.34. The molecule has 110 valence electrons. The van der Waals surface area contributed by atoms with Gasteiger partial charge in [0.05, 0.1) is 11.5 Å². The topological polar surface area (TPSA) is 29.1 Å². The number of alkyl halides is 3. The van der Waals surface area contributed by atoms with Gasteiger partial charge in [0.1, 0.15) is 5.82 Å². The first-order valence-corrected chi connectivity index (χ1v) is 6.51. The van der Waals surface area contributed by atoms with Crippen molar-refractivity contribution in [3.8, 4) is 0 Å². The van der Waals surface area contributed by atoms with Gasteiger partial charge in [-0.25, -0.2) is 4.39 Å². The van der Waals surface area contributed by atoms with E-state index in [4.69, 9.17) is 0 Å². The van der Waals surface area contributed by atoms with Crippen LogP contribution in [0.1, 0.15) is 36.0 Å². The molecule has 6 heteroatoms. The molecule has 2 unspecified atom stereocenters. The van der Waals surface area contributed by atoms with E-state index in [1.165, 1.54) is 18.2 Å². The van der Waals surface area contributed by atoms with E-state index in [0.29, 0.717) is 12.8 Å². The van der Waals surface area contributed by atoms with Gasteiger partial charge in [-0.1, -0.05) is 25.0 Å². The van der Waals surface area contributed by atoms with E-state index in [2.05, 4.69) is 5.32 Å². The Labute approximate surface area is 114 Å². The molecule has 0 heterocycles. The molecule has 0 saturated heterocycles. The lowest BCUT2D eigenvalue weighted by atomic mass is 9.84. The van der Waals surface area contributed by atoms with E-state index >= 15 is 0 Å². The Morgan fingerprint density at radius 1 is 1.15 bits per heavy atom. The number of carbonyl (C=O) groups excluding carboxylic acids is 1. The van der Waals surface area contributed by atoms with Crippen molar-refractivity contribution in [2.75, 3.05) is 0 Å². The Morgan fingerprint density at radius 3 is 2.45 bits per heavy atom. The molecular weight excluding hydrogens is 274 g/mol. The summed E-state index contributed by atoms with van der Waals surface area (Å²) in [7, 11) is 0. The van der Waals surface area contributed by atoms with Gasteiger partial charge >= 0.3 is 6.18 Å². The highest BCUT2D eigenvalue weighted by Crippen LogP contribution is 2.37. The van der Waals surface area contributed by atoms with Crippen LogP contribution in [-0.2, 0) is 0 Å². The van der Waals surface area contributed by atoms with Crippen LogP contribution in [0.25, 0.3) is 0 Å². The zero-order chi connectivity index (χ0) is 14.8. The number of carbonyl (C=O) groups is 1. The number of halogens is 4. The summed E-state index contributed by atoms with van der Waals surface area (Å²) in [6, 6.07) is 4.29. The maximum Gasteiger partial charge on any atom is 0.393 e. The summed E-state index contributed by atoms with van der Waals surface area (Å²) in [6.07, 6.45) is -2.94. The van der Waals surface area contributed by atoms with Crippen molar-refractivity contribution in [3.63, 3.8) is 0 Å². The molecular formula is C14H15F4NO. The lowest BCUT2D eigenvalue weighted by Crippen LogP contribution is -2.47. The van der Waals surface area contributed by atoms with E-state index in [9.17, 15) is 22.4 Å². The van der Waals surface area contributed by atoms with Gasteiger partial charge in [0, 0.05) is 6.04 Å². The third-order valence-electron chi connectivity index (χ3n) is 3.62. The predicted molar refractivity (Wildman–Crippen MR) is 65.7 cm³/mol. The number of nitrogens with one attached hydrogen (secondary N) is 1. The largest absolute Gasteiger partial charge is 0.393 e. The van der Waals surface area contributed by atoms with Crippen LogP contribution >= 0.6 is 0 Å². The Bertz CT molecular complexity index is 486. The van der Waals surface area contributed by atoms with Crippen LogP contribution in [0.4, 0.5) is 17.6 Å². The maximum absolute atomic E-state index is 13.4. The average molecular weight is 289 g/mol. The first kappa shape index (κ1) is 14.8. The number of amides is 1. The first-order valence-electron chi connectivity index (χ1n) is 6.51. The fourth-order valence-electron chi connectivity index (χ4n) is 2.59. The van der Waals surface area contributed by atoms with Crippen LogP contribution in [-0.4, -0.2) is 18.1 Å². The molecule has 1 aromatic rings. The molecule has 1 fully saturated rings. The third-order valence-corrected chi connectivity index (χ3v) is 3.62. The van der Waals surface area contributed by atoms with Gasteiger partial charge in [-0.05, 0) is 25.0 Å². The molecule has 20 heavy (non-hydrogen) atoms. The van der Waals surface area contributed by atoms with Crippen molar-refractivity contribution in [2.45, 2.75) is 37.9 Å². The van der Waals surface area contributed by atoms with Crippen LogP contribution in [0, 0.1) is 11.7 Å². The summed E-state index contributed by atoms with van der Waals surface area (Å²) >= 11 is 0. The van der Waals surface area contributed by atoms with E-state index < -0.39 is 29.9 Å². The number of benzene rings is 1. The molecule has 1 N–H and O–H groups in total. The lowest BCUT2D eigenvalue weighted by Gasteiger charge is -2.33. The second-order valence-electron chi connectivity index (χ2n) is 4.99. The first-order chi connectivity index (χ1) is 9.39. The highest BCUT2D eigenvalue weighted by Gasteiger charge is 2.46. The van der Waals surface area contributed by atoms with Crippen LogP contribution in [0.2, 0.25) is 0 Å². The van der Waals surface area contributed by atoms with Gasteiger partial charge in [0.25, 0.3) is 5.91 Å². The zero-order valence-electron chi connectivity index (χ0n) is 10.7. The average Bonchev–Trinajstić information content (AvgIpc) is 2.38. The summed E-state index contributed by atoms with van der Waals surface area (Å²) in [5.74, 6) is -3.07. The van der Waals surface area contributed by atoms with Crippen LogP contribution in [0.15, 0.2) is 24.3 Å². The molecule has 2 atom stereocenters. The molecule has 0 aromatic heterocycles. The number of hydrogen-bond donors (Lipinski definition) is 1. The van der Waals surface area contributed by atoms with Crippen molar-refractivity contribution in [2.24, 2.45) is 5.92 Å². The van der Waals surface area contributed by atoms with Gasteiger partial charge in [0.2, 0.25) is 0 Å². The second-order valence-corrected chi connectivity index (χ2v) is 4.99. The molecule has 1 amide bonds. The maximum atomic E-state index is 13.4. The summed E-state index contributed by atoms with van der Waals surface area (Å²) < 4.78 is 52.1. The fraction of sp³-hybridized carbons (Fsp3) is 0.500. The van der Waals surface area contributed by atoms with E-state index in [0.717, 1.165) is 6.07 Å². The molecule has 0 bridgehead atoms. The van der Waals surface area contributed by atoms with Crippen molar-refractivity contribution < 1.29 is 22.4 Å². The number of rotatable bonds is 2. The SMILES string of the molecule is O=C(NC1CCCCC1C(F)(F)F)c1ccccc1F. The van der Waals surface area contributed by atoms with E-state index in [1.54, 1.807) is 0 Å². The zero-order valence-corrected chi connectivity index (χ0v) is 10.7. The Morgan fingerprint density at radius 2 is 1.80 bits per heavy atom. The van der Waals surface area contributed by atoms with Crippen LogP contribution < -0.4 is 5.32 Å². The smallest absolute Gasteiger partial charge is 0.349 e. The van der Waals surface area contributed by atoms with E-state index in [-0.39, 0.29) is 18.4 Å². The summed E-state index contributed by atoms with van der Waals surface area (Å²) in [4.78, 5) is 11.9. The van der Waals surface area contributed by atoms with Crippen LogP contribution in [0.3, 0.4) is 0 Å². The minimum Gasteiger partial charge on any atom is -0.349 e. The molecule has 0 radical (unpaired) electrons. The normalized spacial score (nSPS) is 23.4. The second kappa shape index (κ2) is 5.81. The van der Waals surface area contributed by atoms with Gasteiger partial charge in [-0.15, -0.1) is 0 Å². The molecule has 1 saturated carbocycles. The standard InChI is InChI=1S/C14H15F4NO/c15-11-7-3-1-5-9(11)13(20)19-12-8-4-2-6-10(12)14(16,17)18/h1,3,5,7,10,12H,2,4,6,8H2,(H,19,20). The molecule has 0 aliphatic heterocycles. The highest BCUT2D eigenvalue weighted by molar-refractivity contribution is 5.94. The predicted octanol–water partition coefficient (Wildman–Crippen LogP) is 3.68. The quantitative estimate of drug-likeness (QED) is 0.827. The van der Waals surface area contributed by atoms with Crippen molar-refractivity contribution in [1.82, 2.24) is 5.32 Å². The van der Waals surface area contributed by atoms with Crippen molar-refractivity contribution in [1.29, 1.82) is 0 Å². The molecule has 1 aromatic carbocycles. The van der Waals surface area contributed by atoms with E-state index in [1.807, 2.05) is 0 Å². The molecule has 2 rings (SSSR count). The van der Waals surface area contributed by atoms with Gasteiger partial charge < -0.3 is 5.32 Å². The molecule has 0 spiro atoms. The Hall–Kier alpha value is -1.59. The van der Waals surface area contributed by atoms with Gasteiger partial charge in [-0.2, -0.15) is 13.2 Å². The fourth-order valence-corrected chi connectivity index (χ4v) is 2.59. The Kier molecular flexibility index (Phi) is 4.30. The van der Waals surface area contributed by atoms with Gasteiger partial charge in [0.15, 0.2) is 0 Å². The Balaban J connectivity index is 2.11. The summed E-state index contributed by atoms with van der Waals surface area (Å²) in [6.45, 7) is 0. The highest BCUT2D eigenvalue weighted by atomic mass is 19.4. The molecule has 2 nitrogen and oxygen atoms in total. The third kappa shape index (κ3) is 3.29. The molecule has 1 aliphatic rings. The monoisotopic (exact) mass is 289 g/mol. The number of hydrogen-bond acceptors (Lipinski definition) is 1. The van der Waals surface area contributed by atoms with Crippen molar-refractivity contribution in [3.05, 3.63) is 35.6 Å². The summed E-state index contributed by atoms with van der Waals surface area (Å²) in [5.41, 5.74) is -0.223. The van der Waals surface area contributed by atoms with Crippen LogP contribution in [0.5, 0.6) is 0 Å². The summed E-state index contributed by atoms with van der Waals surface area (Å²) in [5, 5.41) is 2.33. The molecule has 1 aliphatic carbocycles. The minimum absolute atomic E-state index is 0.00567. The van der Waals surface area contributed by atoms with Gasteiger partial charge in [-0.3, -0.25) is 4.79 Å². The lowest BCUT2D eigenvalue weighted by molar-refractivity contribution is -0.187.